The Hall–Kier alpha value is -2.82. The van der Waals surface area contributed by atoms with Gasteiger partial charge >= 0.3 is 5.97 Å². The van der Waals surface area contributed by atoms with E-state index in [1.807, 2.05) is 24.3 Å². The predicted molar refractivity (Wildman–Crippen MR) is 87.3 cm³/mol. The van der Waals surface area contributed by atoms with Crippen molar-refractivity contribution in [2.24, 2.45) is 0 Å². The molecule has 4 rings (SSSR count). The molecule has 0 radical (unpaired) electrons. The Bertz CT molecular complexity index is 845. The first-order valence-electron chi connectivity index (χ1n) is 7.91. The lowest BCUT2D eigenvalue weighted by molar-refractivity contribution is -0.140. The van der Waals surface area contributed by atoms with E-state index >= 15 is 0 Å². The summed E-state index contributed by atoms with van der Waals surface area (Å²) >= 11 is 0. The van der Waals surface area contributed by atoms with Gasteiger partial charge in [-0.1, -0.05) is 30.3 Å². The molecule has 2 aromatic rings. The molecule has 2 aliphatic heterocycles. The zero-order chi connectivity index (χ0) is 16.8. The van der Waals surface area contributed by atoms with Gasteiger partial charge in [0.05, 0.1) is 13.2 Å². The van der Waals surface area contributed by atoms with Crippen molar-refractivity contribution in [3.8, 4) is 5.75 Å². The van der Waals surface area contributed by atoms with Crippen molar-refractivity contribution in [2.45, 2.75) is 18.4 Å². The maximum Gasteiger partial charge on any atom is 0.313 e. The Morgan fingerprint density at radius 1 is 1.21 bits per heavy atom. The van der Waals surface area contributed by atoms with Crippen molar-refractivity contribution < 1.29 is 19.4 Å². The van der Waals surface area contributed by atoms with Crippen LogP contribution in [0, 0.1) is 0 Å². The van der Waals surface area contributed by atoms with E-state index in [-0.39, 0.29) is 5.91 Å². The SMILES string of the molecule is COc1ccc2c(c1)C(=O)N1CCc3ccccc3C1C2C(=O)O. The largest absolute Gasteiger partial charge is 0.497 e. The van der Waals surface area contributed by atoms with Crippen molar-refractivity contribution in [1.82, 2.24) is 4.90 Å². The summed E-state index contributed by atoms with van der Waals surface area (Å²) in [6.07, 6.45) is 0.740. The molecule has 0 aliphatic carbocycles. The van der Waals surface area contributed by atoms with E-state index in [1.165, 1.54) is 7.11 Å². The Balaban J connectivity index is 1.94. The highest BCUT2D eigenvalue weighted by Crippen LogP contribution is 2.46. The van der Waals surface area contributed by atoms with Crippen molar-refractivity contribution >= 4 is 11.9 Å². The summed E-state index contributed by atoms with van der Waals surface area (Å²) in [6.45, 7) is 0.529. The van der Waals surface area contributed by atoms with Crippen LogP contribution < -0.4 is 4.74 Å². The maximum atomic E-state index is 13.0. The van der Waals surface area contributed by atoms with Crippen LogP contribution in [0.2, 0.25) is 0 Å². The molecule has 0 aromatic heterocycles. The second-order valence-corrected chi connectivity index (χ2v) is 6.16. The zero-order valence-electron chi connectivity index (χ0n) is 13.2. The molecule has 0 spiro atoms. The van der Waals surface area contributed by atoms with Gasteiger partial charge in [-0.25, -0.2) is 0 Å². The second-order valence-electron chi connectivity index (χ2n) is 6.16. The number of carbonyl (C=O) groups excluding carboxylic acids is 1. The number of methoxy groups -OCH3 is 1. The average molecular weight is 323 g/mol. The van der Waals surface area contributed by atoms with Crippen molar-refractivity contribution in [2.75, 3.05) is 13.7 Å². The number of amides is 1. The summed E-state index contributed by atoms with van der Waals surface area (Å²) in [4.78, 5) is 26.7. The zero-order valence-corrected chi connectivity index (χ0v) is 13.2. The smallest absolute Gasteiger partial charge is 0.313 e. The van der Waals surface area contributed by atoms with Crippen LogP contribution in [0.4, 0.5) is 0 Å². The lowest BCUT2D eigenvalue weighted by atomic mass is 9.76. The first-order chi connectivity index (χ1) is 11.6. The molecule has 122 valence electrons. The highest BCUT2D eigenvalue weighted by Gasteiger charge is 2.46. The van der Waals surface area contributed by atoms with E-state index in [4.69, 9.17) is 4.74 Å². The highest BCUT2D eigenvalue weighted by molar-refractivity contribution is 6.01. The lowest BCUT2D eigenvalue weighted by Gasteiger charge is -2.44. The van der Waals surface area contributed by atoms with E-state index in [9.17, 15) is 14.7 Å². The number of hydrogen-bond acceptors (Lipinski definition) is 3. The standard InChI is InChI=1S/C19H17NO4/c1-24-12-6-7-14-15(10-12)18(21)20-9-8-11-4-2-3-5-13(11)17(20)16(14)19(22)23/h2-7,10,16-17H,8-9H2,1H3,(H,22,23). The number of aliphatic carboxylic acids is 1. The fourth-order valence-corrected chi connectivity index (χ4v) is 3.90. The number of nitrogens with zero attached hydrogens (tertiary/aromatic N) is 1. The van der Waals surface area contributed by atoms with Crippen molar-refractivity contribution in [3.05, 3.63) is 64.7 Å². The minimum atomic E-state index is -0.916. The number of ether oxygens (including phenoxy) is 1. The molecule has 0 saturated heterocycles. The third kappa shape index (κ3) is 2.01. The molecular formula is C19H17NO4. The van der Waals surface area contributed by atoms with Crippen LogP contribution in [0.25, 0.3) is 0 Å². The van der Waals surface area contributed by atoms with Crippen LogP contribution in [0.3, 0.4) is 0 Å². The van der Waals surface area contributed by atoms with Crippen LogP contribution in [0.5, 0.6) is 5.75 Å². The Morgan fingerprint density at radius 3 is 2.75 bits per heavy atom. The highest BCUT2D eigenvalue weighted by atomic mass is 16.5. The van der Waals surface area contributed by atoms with Crippen molar-refractivity contribution in [3.63, 3.8) is 0 Å². The molecule has 5 nitrogen and oxygen atoms in total. The van der Waals surface area contributed by atoms with Gasteiger partial charge < -0.3 is 14.7 Å². The third-order valence-electron chi connectivity index (χ3n) is 5.00. The van der Waals surface area contributed by atoms with E-state index in [2.05, 4.69) is 0 Å². The van der Waals surface area contributed by atoms with Gasteiger partial charge in [0.25, 0.3) is 5.91 Å². The summed E-state index contributed by atoms with van der Waals surface area (Å²) in [6, 6.07) is 12.4. The molecule has 1 N–H and O–H groups in total. The molecule has 24 heavy (non-hydrogen) atoms. The number of fused-ring (bicyclic) bond motifs is 4. The van der Waals surface area contributed by atoms with Crippen LogP contribution >= 0.6 is 0 Å². The van der Waals surface area contributed by atoms with E-state index in [0.29, 0.717) is 23.4 Å². The fraction of sp³-hybridized carbons (Fsp3) is 0.263. The van der Waals surface area contributed by atoms with Crippen LogP contribution in [-0.2, 0) is 11.2 Å². The molecule has 2 aromatic carbocycles. The Morgan fingerprint density at radius 2 is 2.00 bits per heavy atom. The number of carboxylic acids is 1. The average Bonchev–Trinajstić information content (AvgIpc) is 2.61. The summed E-state index contributed by atoms with van der Waals surface area (Å²) in [5.74, 6) is -1.26. The van der Waals surface area contributed by atoms with Crippen LogP contribution in [0.15, 0.2) is 42.5 Å². The Kier molecular flexibility index (Phi) is 3.30. The fourth-order valence-electron chi connectivity index (χ4n) is 3.90. The van der Waals surface area contributed by atoms with Gasteiger partial charge in [-0.3, -0.25) is 9.59 Å². The Labute approximate surface area is 139 Å². The van der Waals surface area contributed by atoms with Crippen molar-refractivity contribution in [1.29, 1.82) is 0 Å². The van der Waals surface area contributed by atoms with Gasteiger partial charge in [0.2, 0.25) is 0 Å². The number of benzene rings is 2. The molecular weight excluding hydrogens is 306 g/mol. The third-order valence-corrected chi connectivity index (χ3v) is 5.00. The summed E-state index contributed by atoms with van der Waals surface area (Å²) < 4.78 is 5.20. The molecule has 2 unspecified atom stereocenters. The van der Waals surface area contributed by atoms with Gasteiger partial charge in [0.1, 0.15) is 11.7 Å². The van der Waals surface area contributed by atoms with Gasteiger partial charge in [-0.05, 0) is 35.2 Å². The molecule has 1 amide bonds. The van der Waals surface area contributed by atoms with E-state index < -0.39 is 17.9 Å². The van der Waals surface area contributed by atoms with Gasteiger partial charge in [-0.15, -0.1) is 0 Å². The summed E-state index contributed by atoms with van der Waals surface area (Å²) in [5, 5.41) is 9.89. The maximum absolute atomic E-state index is 13.0. The van der Waals surface area contributed by atoms with Gasteiger partial charge in [0, 0.05) is 12.1 Å². The van der Waals surface area contributed by atoms with E-state index in [0.717, 1.165) is 17.5 Å². The number of carbonyl (C=O) groups is 2. The summed E-state index contributed by atoms with van der Waals surface area (Å²) in [7, 11) is 1.53. The van der Waals surface area contributed by atoms with E-state index in [1.54, 1.807) is 23.1 Å². The monoisotopic (exact) mass is 323 g/mol. The number of hydrogen-bond donors (Lipinski definition) is 1. The summed E-state index contributed by atoms with van der Waals surface area (Å²) in [5.41, 5.74) is 3.05. The molecule has 2 heterocycles. The number of carboxylic acid groups (broad SMARTS) is 1. The van der Waals surface area contributed by atoms with Gasteiger partial charge in [0.15, 0.2) is 0 Å². The quantitative estimate of drug-likeness (QED) is 0.922. The first-order valence-corrected chi connectivity index (χ1v) is 7.91. The first kappa shape index (κ1) is 14.8. The van der Waals surface area contributed by atoms with Gasteiger partial charge in [-0.2, -0.15) is 0 Å². The molecule has 0 saturated carbocycles. The molecule has 2 aliphatic rings. The number of rotatable bonds is 2. The molecule has 5 heteroatoms. The van der Waals surface area contributed by atoms with Crippen LogP contribution in [0.1, 0.15) is 39.0 Å². The topological polar surface area (TPSA) is 66.8 Å². The normalized spacial score (nSPS) is 21.5. The molecule has 2 atom stereocenters. The predicted octanol–water partition coefficient (Wildman–Crippen LogP) is 2.62. The molecule has 0 fully saturated rings. The van der Waals surface area contributed by atoms with Crippen LogP contribution in [-0.4, -0.2) is 35.5 Å². The molecule has 0 bridgehead atoms. The lowest BCUT2D eigenvalue weighted by Crippen LogP contribution is -2.48. The minimum Gasteiger partial charge on any atom is -0.497 e. The minimum absolute atomic E-state index is 0.124. The second kappa shape index (κ2) is 5.37.